The molecule has 1 aliphatic rings. The Labute approximate surface area is 173 Å². The highest BCUT2D eigenvalue weighted by Gasteiger charge is 2.35. The van der Waals surface area contributed by atoms with E-state index in [1.165, 1.54) is 13.3 Å². The van der Waals surface area contributed by atoms with Crippen LogP contribution in [0.5, 0.6) is 17.2 Å². The van der Waals surface area contributed by atoms with Gasteiger partial charge in [-0.1, -0.05) is 12.6 Å². The maximum atomic E-state index is 12.6. The molecule has 1 N–H and O–H groups in total. The highest BCUT2D eigenvalue weighted by atomic mass is 16.5. The standard InChI is InChI=1S/C22H23NO7/c1-5-28-22(26)15-10-23-21(25)19-14(9-18(24)30-20(15)19)13-6-7-16(17(8-13)27-4)29-11-12(2)3/h6-8,10,14H,2,5,9,11H2,1,3-4H3,(H,23,25)/t14-/m0/s1. The van der Waals surface area contributed by atoms with Crippen molar-refractivity contribution in [2.45, 2.75) is 26.2 Å². The summed E-state index contributed by atoms with van der Waals surface area (Å²) >= 11 is 0. The van der Waals surface area contributed by atoms with Gasteiger partial charge in [0, 0.05) is 12.1 Å². The van der Waals surface area contributed by atoms with E-state index in [1.807, 2.05) is 6.92 Å². The van der Waals surface area contributed by atoms with Crippen LogP contribution in [0, 0.1) is 0 Å². The van der Waals surface area contributed by atoms with Gasteiger partial charge in [0.05, 0.1) is 25.7 Å². The second-order valence-corrected chi connectivity index (χ2v) is 6.88. The minimum Gasteiger partial charge on any atom is -0.493 e. The first-order valence-electron chi connectivity index (χ1n) is 9.44. The number of nitrogens with one attached hydrogen (secondary N) is 1. The average Bonchev–Trinajstić information content (AvgIpc) is 2.71. The van der Waals surface area contributed by atoms with Crippen LogP contribution >= 0.6 is 0 Å². The van der Waals surface area contributed by atoms with E-state index in [-0.39, 0.29) is 29.9 Å². The molecule has 8 nitrogen and oxygen atoms in total. The number of rotatable bonds is 7. The smallest absolute Gasteiger partial charge is 0.343 e. The quantitative estimate of drug-likeness (QED) is 0.550. The second kappa shape index (κ2) is 8.86. The van der Waals surface area contributed by atoms with Crippen LogP contribution in [0.3, 0.4) is 0 Å². The Kier molecular flexibility index (Phi) is 6.25. The molecule has 1 aromatic heterocycles. The Morgan fingerprint density at radius 1 is 1.30 bits per heavy atom. The normalized spacial score (nSPS) is 15.0. The molecule has 0 radical (unpaired) electrons. The lowest BCUT2D eigenvalue weighted by atomic mass is 9.86. The van der Waals surface area contributed by atoms with E-state index in [9.17, 15) is 14.4 Å². The molecule has 0 aliphatic carbocycles. The number of esters is 2. The number of fused-ring (bicyclic) bond motifs is 1. The van der Waals surface area contributed by atoms with Gasteiger partial charge in [-0.2, -0.15) is 0 Å². The summed E-state index contributed by atoms with van der Waals surface area (Å²) in [6, 6.07) is 5.16. The summed E-state index contributed by atoms with van der Waals surface area (Å²) < 4.78 is 21.4. The van der Waals surface area contributed by atoms with E-state index < -0.39 is 23.4 Å². The van der Waals surface area contributed by atoms with Crippen LogP contribution in [0.25, 0.3) is 0 Å². The number of aromatic nitrogens is 1. The molecule has 0 spiro atoms. The SMILES string of the molecule is C=C(C)COc1ccc([C@@H]2CC(=O)Oc3c(C(=O)OCC)c[nH]c(=O)c32)cc1OC. The van der Waals surface area contributed by atoms with Crippen molar-refractivity contribution in [2.24, 2.45) is 0 Å². The van der Waals surface area contributed by atoms with E-state index in [2.05, 4.69) is 11.6 Å². The summed E-state index contributed by atoms with van der Waals surface area (Å²) in [7, 11) is 1.50. The largest absolute Gasteiger partial charge is 0.493 e. The van der Waals surface area contributed by atoms with E-state index in [1.54, 1.807) is 25.1 Å². The van der Waals surface area contributed by atoms with Gasteiger partial charge in [0.1, 0.15) is 12.2 Å². The van der Waals surface area contributed by atoms with Gasteiger partial charge in [-0.05, 0) is 37.1 Å². The van der Waals surface area contributed by atoms with Crippen molar-refractivity contribution in [1.82, 2.24) is 4.98 Å². The van der Waals surface area contributed by atoms with E-state index >= 15 is 0 Å². The zero-order valence-electron chi connectivity index (χ0n) is 17.1. The average molecular weight is 413 g/mol. The van der Waals surface area contributed by atoms with Gasteiger partial charge in [-0.3, -0.25) is 9.59 Å². The van der Waals surface area contributed by atoms with Gasteiger partial charge in [0.2, 0.25) is 0 Å². The van der Waals surface area contributed by atoms with Crippen molar-refractivity contribution in [3.8, 4) is 17.2 Å². The van der Waals surface area contributed by atoms with Crippen molar-refractivity contribution in [1.29, 1.82) is 0 Å². The molecule has 1 atom stereocenters. The van der Waals surface area contributed by atoms with Crippen molar-refractivity contribution >= 4 is 11.9 Å². The van der Waals surface area contributed by atoms with Crippen LogP contribution in [-0.2, 0) is 9.53 Å². The van der Waals surface area contributed by atoms with Gasteiger partial charge in [0.15, 0.2) is 17.2 Å². The van der Waals surface area contributed by atoms with Gasteiger partial charge in [0.25, 0.3) is 5.56 Å². The zero-order chi connectivity index (χ0) is 21.8. The molecule has 0 unspecified atom stereocenters. The fraction of sp³-hybridized carbons (Fsp3) is 0.318. The van der Waals surface area contributed by atoms with Crippen molar-refractivity contribution in [3.63, 3.8) is 0 Å². The number of aromatic amines is 1. The first kappa shape index (κ1) is 21.2. The summed E-state index contributed by atoms with van der Waals surface area (Å²) in [6.45, 7) is 7.79. The third-order valence-electron chi connectivity index (χ3n) is 4.58. The van der Waals surface area contributed by atoms with Gasteiger partial charge < -0.3 is 23.9 Å². The first-order valence-corrected chi connectivity index (χ1v) is 9.44. The van der Waals surface area contributed by atoms with Crippen molar-refractivity contribution in [3.05, 3.63) is 63.6 Å². The molecule has 1 aromatic carbocycles. The molecule has 2 heterocycles. The fourth-order valence-electron chi connectivity index (χ4n) is 3.25. The van der Waals surface area contributed by atoms with Crippen LogP contribution in [-0.4, -0.2) is 37.2 Å². The van der Waals surface area contributed by atoms with Crippen molar-refractivity contribution < 1.29 is 28.5 Å². The number of carbonyl (C=O) groups excluding carboxylic acids is 2. The molecule has 0 bridgehead atoms. The van der Waals surface area contributed by atoms with Gasteiger partial charge in [-0.25, -0.2) is 4.79 Å². The molecule has 3 rings (SSSR count). The van der Waals surface area contributed by atoms with Crippen LogP contribution in [0.4, 0.5) is 0 Å². The van der Waals surface area contributed by atoms with E-state index in [4.69, 9.17) is 18.9 Å². The predicted molar refractivity (Wildman–Crippen MR) is 108 cm³/mol. The zero-order valence-corrected chi connectivity index (χ0v) is 17.1. The fourth-order valence-corrected chi connectivity index (χ4v) is 3.25. The number of hydrogen-bond acceptors (Lipinski definition) is 7. The number of hydrogen-bond donors (Lipinski definition) is 1. The summed E-state index contributed by atoms with van der Waals surface area (Å²) in [5.41, 5.74) is 1.25. The molecule has 158 valence electrons. The molecule has 2 aromatic rings. The monoisotopic (exact) mass is 413 g/mol. The lowest BCUT2D eigenvalue weighted by Crippen LogP contribution is -2.30. The molecule has 1 aliphatic heterocycles. The van der Waals surface area contributed by atoms with Crippen LogP contribution < -0.4 is 19.8 Å². The van der Waals surface area contributed by atoms with Gasteiger partial charge in [-0.15, -0.1) is 0 Å². The maximum absolute atomic E-state index is 12.6. The Balaban J connectivity index is 2.08. The van der Waals surface area contributed by atoms with E-state index in [0.29, 0.717) is 23.7 Å². The summed E-state index contributed by atoms with van der Waals surface area (Å²) in [4.78, 5) is 39.7. The molecule has 8 heteroatoms. The summed E-state index contributed by atoms with van der Waals surface area (Å²) in [5.74, 6) is -0.961. The lowest BCUT2D eigenvalue weighted by Gasteiger charge is -2.25. The third-order valence-corrected chi connectivity index (χ3v) is 4.58. The maximum Gasteiger partial charge on any atom is 0.343 e. The molecule has 0 fully saturated rings. The molecular weight excluding hydrogens is 390 g/mol. The van der Waals surface area contributed by atoms with Crippen LogP contribution in [0.2, 0.25) is 0 Å². The minimum absolute atomic E-state index is 0.00197. The van der Waals surface area contributed by atoms with Gasteiger partial charge >= 0.3 is 11.9 Å². The number of benzene rings is 1. The lowest BCUT2D eigenvalue weighted by molar-refractivity contribution is -0.135. The van der Waals surface area contributed by atoms with Crippen molar-refractivity contribution in [2.75, 3.05) is 20.3 Å². The highest BCUT2D eigenvalue weighted by Crippen LogP contribution is 2.41. The Morgan fingerprint density at radius 2 is 2.07 bits per heavy atom. The van der Waals surface area contributed by atoms with Crippen LogP contribution in [0.15, 0.2) is 41.3 Å². The topological polar surface area (TPSA) is 104 Å². The Hall–Kier alpha value is -3.55. The highest BCUT2D eigenvalue weighted by molar-refractivity contribution is 5.94. The first-order chi connectivity index (χ1) is 14.3. The number of carbonyl (C=O) groups is 2. The molecular formula is C22H23NO7. The predicted octanol–water partition coefficient (Wildman–Crippen LogP) is 2.96. The molecule has 30 heavy (non-hydrogen) atoms. The Morgan fingerprint density at radius 3 is 2.73 bits per heavy atom. The Bertz CT molecular complexity index is 1050. The van der Waals surface area contributed by atoms with Crippen LogP contribution in [0.1, 0.15) is 47.7 Å². The molecule has 0 amide bonds. The second-order valence-electron chi connectivity index (χ2n) is 6.88. The van der Waals surface area contributed by atoms with E-state index in [0.717, 1.165) is 5.57 Å². The minimum atomic E-state index is -0.681. The number of ether oxygens (including phenoxy) is 4. The molecule has 0 saturated heterocycles. The number of H-pyrrole nitrogens is 1. The number of methoxy groups -OCH3 is 1. The number of pyridine rings is 1. The summed E-state index contributed by atoms with van der Waals surface area (Å²) in [6.07, 6.45) is 1.14. The summed E-state index contributed by atoms with van der Waals surface area (Å²) in [5, 5.41) is 0. The molecule has 0 saturated carbocycles. The third kappa shape index (κ3) is 4.22.